The Labute approximate surface area is 97.5 Å². The third-order valence-electron chi connectivity index (χ3n) is 2.15. The molecule has 0 aliphatic carbocycles. The van der Waals surface area contributed by atoms with Crippen LogP contribution in [0.4, 0.5) is 5.69 Å². The Kier molecular flexibility index (Phi) is 3.97. The van der Waals surface area contributed by atoms with Crippen LogP contribution in [0.25, 0.3) is 0 Å². The highest BCUT2D eigenvalue weighted by molar-refractivity contribution is 5.73. The fourth-order valence-corrected chi connectivity index (χ4v) is 1.32. The van der Waals surface area contributed by atoms with Gasteiger partial charge < -0.3 is 9.47 Å². The van der Waals surface area contributed by atoms with E-state index in [-0.39, 0.29) is 23.7 Å². The maximum Gasteiger partial charge on any atom is 0.311 e. The molecule has 1 aromatic heterocycles. The Morgan fingerprint density at radius 3 is 2.65 bits per heavy atom. The molecule has 0 aromatic carbocycles. The van der Waals surface area contributed by atoms with Crippen LogP contribution in [0, 0.1) is 17.0 Å². The fraction of sp³-hybridized carbons (Fsp3) is 0.400. The van der Waals surface area contributed by atoms with Crippen molar-refractivity contribution in [2.75, 3.05) is 14.2 Å². The summed E-state index contributed by atoms with van der Waals surface area (Å²) in [5.41, 5.74) is 0.353. The molecule has 92 valence electrons. The molecule has 0 fully saturated rings. The van der Waals surface area contributed by atoms with Crippen LogP contribution >= 0.6 is 0 Å². The predicted molar refractivity (Wildman–Crippen MR) is 57.9 cm³/mol. The maximum absolute atomic E-state index is 11.1. The molecule has 17 heavy (non-hydrogen) atoms. The lowest BCUT2D eigenvalue weighted by molar-refractivity contribution is -0.386. The Hall–Kier alpha value is -2.18. The Morgan fingerprint density at radius 2 is 2.18 bits per heavy atom. The van der Waals surface area contributed by atoms with Gasteiger partial charge >= 0.3 is 5.97 Å². The molecule has 0 aliphatic rings. The van der Waals surface area contributed by atoms with Crippen LogP contribution in [-0.4, -0.2) is 30.1 Å². The van der Waals surface area contributed by atoms with E-state index in [1.165, 1.54) is 20.3 Å². The first kappa shape index (κ1) is 12.9. The van der Waals surface area contributed by atoms with Crippen LogP contribution in [0.1, 0.15) is 11.3 Å². The lowest BCUT2D eigenvalue weighted by Crippen LogP contribution is -2.10. The van der Waals surface area contributed by atoms with Gasteiger partial charge in [0.1, 0.15) is 5.69 Å². The van der Waals surface area contributed by atoms with Crippen LogP contribution in [0.2, 0.25) is 0 Å². The second-order valence-electron chi connectivity index (χ2n) is 3.29. The predicted octanol–water partition coefficient (Wildman–Crippen LogP) is 1.02. The van der Waals surface area contributed by atoms with Gasteiger partial charge in [0.2, 0.25) is 5.88 Å². The molecule has 0 amide bonds. The summed E-state index contributed by atoms with van der Waals surface area (Å²) in [5.74, 6) is -0.332. The first-order valence-corrected chi connectivity index (χ1v) is 4.75. The SMILES string of the molecule is COC(=O)Cc1nc(OC)c(C)cc1[N+](=O)[O-]. The molecule has 0 spiro atoms. The number of esters is 1. The molecule has 0 saturated carbocycles. The van der Waals surface area contributed by atoms with Crippen molar-refractivity contribution in [1.29, 1.82) is 0 Å². The summed E-state index contributed by atoms with van der Waals surface area (Å²) >= 11 is 0. The molecule has 0 saturated heterocycles. The first-order valence-electron chi connectivity index (χ1n) is 4.75. The topological polar surface area (TPSA) is 91.6 Å². The van der Waals surface area contributed by atoms with E-state index in [1.54, 1.807) is 6.92 Å². The highest BCUT2D eigenvalue weighted by atomic mass is 16.6. The number of carbonyl (C=O) groups is 1. The number of methoxy groups -OCH3 is 2. The molecule has 0 atom stereocenters. The van der Waals surface area contributed by atoms with Gasteiger partial charge in [-0.25, -0.2) is 4.98 Å². The standard InChI is InChI=1S/C10H12N2O5/c1-6-4-8(12(14)15)7(5-9(13)16-2)11-10(6)17-3/h4H,5H2,1-3H3. The molecular weight excluding hydrogens is 228 g/mol. The van der Waals surface area contributed by atoms with Crippen molar-refractivity contribution >= 4 is 11.7 Å². The summed E-state index contributed by atoms with van der Waals surface area (Å²) in [6.07, 6.45) is -0.260. The summed E-state index contributed by atoms with van der Waals surface area (Å²) in [6, 6.07) is 1.32. The van der Waals surface area contributed by atoms with E-state index in [4.69, 9.17) is 4.74 Å². The quantitative estimate of drug-likeness (QED) is 0.443. The van der Waals surface area contributed by atoms with Gasteiger partial charge in [-0.1, -0.05) is 0 Å². The molecule has 1 heterocycles. The summed E-state index contributed by atoms with van der Waals surface area (Å²) < 4.78 is 9.40. The van der Waals surface area contributed by atoms with Crippen molar-refractivity contribution in [3.05, 3.63) is 27.4 Å². The first-order chi connectivity index (χ1) is 7.99. The normalized spacial score (nSPS) is 9.82. The van der Waals surface area contributed by atoms with E-state index in [2.05, 4.69) is 9.72 Å². The number of nitro groups is 1. The molecule has 1 rings (SSSR count). The molecule has 0 N–H and O–H groups in total. The summed E-state index contributed by atoms with van der Waals surface area (Å²) in [6.45, 7) is 1.64. The van der Waals surface area contributed by atoms with Crippen molar-refractivity contribution in [1.82, 2.24) is 4.98 Å². The Bertz CT molecular complexity index is 458. The number of rotatable bonds is 4. The molecular formula is C10H12N2O5. The van der Waals surface area contributed by atoms with Gasteiger partial charge in [-0.3, -0.25) is 14.9 Å². The number of carbonyl (C=O) groups excluding carboxylic acids is 1. The van der Waals surface area contributed by atoms with Crippen LogP contribution in [-0.2, 0) is 16.0 Å². The summed E-state index contributed by atoms with van der Waals surface area (Å²) in [4.78, 5) is 25.3. The molecule has 7 nitrogen and oxygen atoms in total. The third kappa shape index (κ3) is 2.90. The van der Waals surface area contributed by atoms with Gasteiger partial charge in [0.15, 0.2) is 0 Å². The highest BCUT2D eigenvalue weighted by Crippen LogP contribution is 2.24. The number of hydrogen-bond donors (Lipinski definition) is 0. The zero-order valence-corrected chi connectivity index (χ0v) is 9.72. The van der Waals surface area contributed by atoms with Gasteiger partial charge in [-0.15, -0.1) is 0 Å². The van der Waals surface area contributed by atoms with Crippen molar-refractivity contribution in [2.24, 2.45) is 0 Å². The molecule has 0 unspecified atom stereocenters. The summed E-state index contributed by atoms with van der Waals surface area (Å²) in [7, 11) is 2.61. The minimum Gasteiger partial charge on any atom is -0.481 e. The minimum absolute atomic E-state index is 0.0318. The largest absolute Gasteiger partial charge is 0.481 e. The number of hydrogen-bond acceptors (Lipinski definition) is 6. The van der Waals surface area contributed by atoms with Crippen LogP contribution < -0.4 is 4.74 Å². The van der Waals surface area contributed by atoms with Gasteiger partial charge in [0, 0.05) is 11.6 Å². The van der Waals surface area contributed by atoms with Gasteiger partial charge in [-0.2, -0.15) is 0 Å². The fourth-order valence-electron chi connectivity index (χ4n) is 1.32. The summed E-state index contributed by atoms with van der Waals surface area (Å²) in [5, 5.41) is 10.8. The lowest BCUT2D eigenvalue weighted by Gasteiger charge is -2.06. The van der Waals surface area contributed by atoms with Crippen LogP contribution in [0.5, 0.6) is 5.88 Å². The van der Waals surface area contributed by atoms with E-state index in [0.29, 0.717) is 5.56 Å². The van der Waals surface area contributed by atoms with Gasteiger partial charge in [-0.05, 0) is 6.92 Å². The van der Waals surface area contributed by atoms with Crippen molar-refractivity contribution < 1.29 is 19.2 Å². The zero-order chi connectivity index (χ0) is 13.0. The average molecular weight is 240 g/mol. The second-order valence-corrected chi connectivity index (χ2v) is 3.29. The average Bonchev–Trinajstić information content (AvgIpc) is 2.30. The lowest BCUT2D eigenvalue weighted by atomic mass is 10.2. The third-order valence-corrected chi connectivity index (χ3v) is 2.15. The molecule has 0 radical (unpaired) electrons. The number of pyridine rings is 1. The number of nitrogens with zero attached hydrogens (tertiary/aromatic N) is 2. The van der Waals surface area contributed by atoms with E-state index < -0.39 is 10.9 Å². The smallest absolute Gasteiger partial charge is 0.311 e. The molecule has 0 bridgehead atoms. The number of ether oxygens (including phenoxy) is 2. The van der Waals surface area contributed by atoms with E-state index in [0.717, 1.165) is 0 Å². The second kappa shape index (κ2) is 5.24. The Morgan fingerprint density at radius 1 is 1.53 bits per heavy atom. The van der Waals surface area contributed by atoms with Crippen molar-refractivity contribution in [2.45, 2.75) is 13.3 Å². The Balaban J connectivity index is 3.23. The van der Waals surface area contributed by atoms with Crippen LogP contribution in [0.3, 0.4) is 0 Å². The molecule has 0 aliphatic heterocycles. The number of aromatic nitrogens is 1. The van der Waals surface area contributed by atoms with E-state index in [9.17, 15) is 14.9 Å². The minimum atomic E-state index is -0.591. The van der Waals surface area contributed by atoms with Crippen molar-refractivity contribution in [3.8, 4) is 5.88 Å². The van der Waals surface area contributed by atoms with Crippen LogP contribution in [0.15, 0.2) is 6.07 Å². The maximum atomic E-state index is 11.1. The van der Waals surface area contributed by atoms with Gasteiger partial charge in [0.05, 0.1) is 25.6 Å². The highest BCUT2D eigenvalue weighted by Gasteiger charge is 2.21. The zero-order valence-electron chi connectivity index (χ0n) is 9.72. The van der Waals surface area contributed by atoms with E-state index >= 15 is 0 Å². The van der Waals surface area contributed by atoms with Crippen molar-refractivity contribution in [3.63, 3.8) is 0 Å². The van der Waals surface area contributed by atoms with Gasteiger partial charge in [0.25, 0.3) is 5.69 Å². The molecule has 1 aromatic rings. The monoisotopic (exact) mass is 240 g/mol. The van der Waals surface area contributed by atoms with E-state index in [1.807, 2.05) is 0 Å². The molecule has 7 heteroatoms. The number of aryl methyl sites for hydroxylation is 1.